The van der Waals surface area contributed by atoms with Gasteiger partial charge in [0.1, 0.15) is 11.5 Å². The molecule has 108 valence electrons. The van der Waals surface area contributed by atoms with Crippen LogP contribution in [0.25, 0.3) is 0 Å². The Bertz CT molecular complexity index is 740. The maximum Gasteiger partial charge on any atom is 0.267 e. The first-order valence-corrected chi connectivity index (χ1v) is 7.54. The first-order valence-electron chi connectivity index (χ1n) is 6.28. The predicted octanol–water partition coefficient (Wildman–Crippen LogP) is 3.61. The Morgan fingerprint density at radius 3 is 2.71 bits per heavy atom. The van der Waals surface area contributed by atoms with Gasteiger partial charge >= 0.3 is 0 Å². The number of halogens is 1. The lowest BCUT2D eigenvalue weighted by Crippen LogP contribution is -2.11. The van der Waals surface area contributed by atoms with E-state index in [1.165, 1.54) is 11.3 Å². The summed E-state index contributed by atoms with van der Waals surface area (Å²) < 4.78 is 0. The number of hydrogen-bond donors (Lipinski definition) is 2. The standard InChI is InChI=1S/C16H14ClNO2S/c1-10-8-12(4-3-7-19)5-6-13(10)18-16(20)15-14(17)11(2)9-21-15/h5-6,8-9,19H,7H2,1-2H3,(H,18,20). The van der Waals surface area contributed by atoms with Crippen molar-refractivity contribution in [2.75, 3.05) is 11.9 Å². The van der Waals surface area contributed by atoms with Crippen LogP contribution in [0.4, 0.5) is 5.69 Å². The van der Waals surface area contributed by atoms with Crippen molar-refractivity contribution in [1.82, 2.24) is 0 Å². The number of nitrogens with one attached hydrogen (secondary N) is 1. The molecule has 0 saturated heterocycles. The largest absolute Gasteiger partial charge is 0.384 e. The third-order valence-electron chi connectivity index (χ3n) is 2.89. The molecule has 2 N–H and O–H groups in total. The lowest BCUT2D eigenvalue weighted by atomic mass is 10.1. The van der Waals surface area contributed by atoms with Crippen LogP contribution in [-0.4, -0.2) is 17.6 Å². The van der Waals surface area contributed by atoms with Crippen molar-refractivity contribution in [2.24, 2.45) is 0 Å². The van der Waals surface area contributed by atoms with Gasteiger partial charge in [0.25, 0.3) is 5.91 Å². The second-order valence-corrected chi connectivity index (χ2v) is 5.76. The molecule has 0 saturated carbocycles. The van der Waals surface area contributed by atoms with E-state index in [-0.39, 0.29) is 12.5 Å². The van der Waals surface area contributed by atoms with Gasteiger partial charge in [-0.3, -0.25) is 4.79 Å². The van der Waals surface area contributed by atoms with Gasteiger partial charge in [-0.05, 0) is 48.6 Å². The van der Waals surface area contributed by atoms with E-state index < -0.39 is 0 Å². The van der Waals surface area contributed by atoms with Gasteiger partial charge < -0.3 is 10.4 Å². The SMILES string of the molecule is Cc1cc(C#CCO)ccc1NC(=O)c1scc(C)c1Cl. The Labute approximate surface area is 132 Å². The Balaban J connectivity index is 2.20. The molecule has 0 bridgehead atoms. The topological polar surface area (TPSA) is 49.3 Å². The lowest BCUT2D eigenvalue weighted by molar-refractivity contribution is 0.103. The summed E-state index contributed by atoms with van der Waals surface area (Å²) >= 11 is 7.43. The molecule has 0 unspecified atom stereocenters. The molecular weight excluding hydrogens is 306 g/mol. The number of carbonyl (C=O) groups is 1. The zero-order valence-corrected chi connectivity index (χ0v) is 13.2. The summed E-state index contributed by atoms with van der Waals surface area (Å²) in [4.78, 5) is 12.7. The van der Waals surface area contributed by atoms with E-state index >= 15 is 0 Å². The lowest BCUT2D eigenvalue weighted by Gasteiger charge is -2.08. The van der Waals surface area contributed by atoms with Crippen LogP contribution in [0, 0.1) is 25.7 Å². The molecule has 2 aromatic rings. The van der Waals surface area contributed by atoms with Crippen molar-refractivity contribution in [3.05, 3.63) is 50.2 Å². The second-order valence-electron chi connectivity index (χ2n) is 4.51. The minimum absolute atomic E-state index is 0.173. The molecule has 1 amide bonds. The molecule has 0 fully saturated rings. The van der Waals surface area contributed by atoms with Gasteiger partial charge in [-0.2, -0.15) is 0 Å². The van der Waals surface area contributed by atoms with Gasteiger partial charge in [-0.1, -0.05) is 23.4 Å². The monoisotopic (exact) mass is 319 g/mol. The Morgan fingerprint density at radius 2 is 2.14 bits per heavy atom. The van der Waals surface area contributed by atoms with Gasteiger partial charge in [0.2, 0.25) is 0 Å². The van der Waals surface area contributed by atoms with Gasteiger partial charge in [0.05, 0.1) is 5.02 Å². The van der Waals surface area contributed by atoms with Crippen molar-refractivity contribution in [1.29, 1.82) is 0 Å². The van der Waals surface area contributed by atoms with E-state index in [1.807, 2.05) is 25.3 Å². The Kier molecular flexibility index (Phi) is 5.03. The summed E-state index contributed by atoms with van der Waals surface area (Å²) in [5.74, 6) is 5.21. The van der Waals surface area contributed by atoms with Crippen molar-refractivity contribution < 1.29 is 9.90 Å². The fraction of sp³-hybridized carbons (Fsp3) is 0.188. The summed E-state index contributed by atoms with van der Waals surface area (Å²) in [6, 6.07) is 5.45. The van der Waals surface area contributed by atoms with Crippen LogP contribution in [0.1, 0.15) is 26.4 Å². The normalized spacial score (nSPS) is 9.90. The van der Waals surface area contributed by atoms with Crippen molar-refractivity contribution >= 4 is 34.5 Å². The van der Waals surface area contributed by atoms with Gasteiger partial charge in [-0.15, -0.1) is 11.3 Å². The van der Waals surface area contributed by atoms with E-state index in [0.29, 0.717) is 9.90 Å². The fourth-order valence-corrected chi connectivity index (χ4v) is 2.96. The summed E-state index contributed by atoms with van der Waals surface area (Å²) in [6.07, 6.45) is 0. The number of benzene rings is 1. The number of amides is 1. The van der Waals surface area contributed by atoms with Gasteiger partial charge in [0.15, 0.2) is 0 Å². The number of thiophene rings is 1. The molecule has 1 heterocycles. The minimum Gasteiger partial charge on any atom is -0.384 e. The van der Waals surface area contributed by atoms with E-state index in [9.17, 15) is 4.79 Å². The van der Waals surface area contributed by atoms with Gasteiger partial charge in [-0.25, -0.2) is 0 Å². The van der Waals surface area contributed by atoms with Crippen molar-refractivity contribution in [3.63, 3.8) is 0 Å². The minimum atomic E-state index is -0.213. The number of aliphatic hydroxyl groups excluding tert-OH is 1. The van der Waals surface area contributed by atoms with E-state index in [2.05, 4.69) is 17.2 Å². The van der Waals surface area contributed by atoms with Crippen LogP contribution in [0.2, 0.25) is 5.02 Å². The quantitative estimate of drug-likeness (QED) is 0.831. The maximum absolute atomic E-state index is 12.2. The smallest absolute Gasteiger partial charge is 0.267 e. The molecule has 0 atom stereocenters. The first kappa shape index (κ1) is 15.6. The van der Waals surface area contributed by atoms with Crippen molar-refractivity contribution in [2.45, 2.75) is 13.8 Å². The maximum atomic E-state index is 12.2. The molecular formula is C16H14ClNO2S. The van der Waals surface area contributed by atoms with E-state index in [0.717, 1.165) is 22.4 Å². The average molecular weight is 320 g/mol. The first-order chi connectivity index (χ1) is 10.0. The summed E-state index contributed by atoms with van der Waals surface area (Å²) in [5, 5.41) is 13.9. The van der Waals surface area contributed by atoms with Crippen LogP contribution in [0.15, 0.2) is 23.6 Å². The molecule has 1 aromatic carbocycles. The number of anilines is 1. The molecule has 0 aliphatic carbocycles. The van der Waals surface area contributed by atoms with Crippen LogP contribution in [0.5, 0.6) is 0 Å². The number of aliphatic hydroxyl groups is 1. The number of aryl methyl sites for hydroxylation is 2. The molecule has 0 aliphatic rings. The summed E-state index contributed by atoms with van der Waals surface area (Å²) in [5.41, 5.74) is 3.32. The van der Waals surface area contributed by atoms with Gasteiger partial charge in [0, 0.05) is 11.3 Å². The molecule has 3 nitrogen and oxygen atoms in total. The third kappa shape index (κ3) is 3.64. The van der Waals surface area contributed by atoms with Crippen LogP contribution in [0.3, 0.4) is 0 Å². The molecule has 0 spiro atoms. The molecule has 5 heteroatoms. The molecule has 2 rings (SSSR count). The van der Waals surface area contributed by atoms with Crippen LogP contribution >= 0.6 is 22.9 Å². The Hall–Kier alpha value is -1.80. The molecule has 0 radical (unpaired) electrons. The molecule has 21 heavy (non-hydrogen) atoms. The zero-order chi connectivity index (χ0) is 15.4. The highest BCUT2D eigenvalue weighted by molar-refractivity contribution is 7.13. The predicted molar refractivity (Wildman–Crippen MR) is 87.2 cm³/mol. The Morgan fingerprint density at radius 1 is 1.38 bits per heavy atom. The van der Waals surface area contributed by atoms with Crippen LogP contribution < -0.4 is 5.32 Å². The van der Waals surface area contributed by atoms with E-state index in [4.69, 9.17) is 16.7 Å². The number of rotatable bonds is 2. The van der Waals surface area contributed by atoms with Crippen LogP contribution in [-0.2, 0) is 0 Å². The average Bonchev–Trinajstić information content (AvgIpc) is 2.79. The second kappa shape index (κ2) is 6.77. The molecule has 0 aliphatic heterocycles. The summed E-state index contributed by atoms with van der Waals surface area (Å²) in [6.45, 7) is 3.59. The number of hydrogen-bond acceptors (Lipinski definition) is 3. The third-order valence-corrected chi connectivity index (χ3v) is 4.59. The summed E-state index contributed by atoms with van der Waals surface area (Å²) in [7, 11) is 0. The zero-order valence-electron chi connectivity index (χ0n) is 11.7. The highest BCUT2D eigenvalue weighted by Gasteiger charge is 2.15. The van der Waals surface area contributed by atoms with Crippen molar-refractivity contribution in [3.8, 4) is 11.8 Å². The van der Waals surface area contributed by atoms with E-state index in [1.54, 1.807) is 12.1 Å². The highest BCUT2D eigenvalue weighted by Crippen LogP contribution is 2.28. The number of carbonyl (C=O) groups excluding carboxylic acids is 1. The molecule has 1 aromatic heterocycles. The highest BCUT2D eigenvalue weighted by atomic mass is 35.5. The fourth-order valence-electron chi connectivity index (χ4n) is 1.79.